The minimum Gasteiger partial charge on any atom is -0.481 e. The number of nitrogens with one attached hydrogen (secondary N) is 1. The molecule has 2 aromatic rings. The van der Waals surface area contributed by atoms with Crippen molar-refractivity contribution < 1.29 is 14.7 Å². The fraction of sp³-hybridized carbons (Fsp3) is 0.0714. The molecule has 0 spiro atoms. The Labute approximate surface area is 120 Å². The summed E-state index contributed by atoms with van der Waals surface area (Å²) in [5.41, 5.74) is 1.35. The standard InChI is InChI=1S/C14H11ClN2O3/c15-12-6-5-10(8-16-12)14(20)17-11-4-2-1-3-9(11)7-13(18)19/h1-6,8H,7H2,(H,17,20)(H,18,19). The molecule has 1 heterocycles. The topological polar surface area (TPSA) is 79.3 Å². The van der Waals surface area contributed by atoms with Crippen molar-refractivity contribution >= 4 is 29.2 Å². The maximum Gasteiger partial charge on any atom is 0.307 e. The zero-order valence-corrected chi connectivity index (χ0v) is 11.1. The summed E-state index contributed by atoms with van der Waals surface area (Å²) in [5.74, 6) is -1.33. The molecule has 0 aliphatic rings. The number of aromatic nitrogens is 1. The zero-order chi connectivity index (χ0) is 14.5. The van der Waals surface area contributed by atoms with Crippen LogP contribution in [0.25, 0.3) is 0 Å². The highest BCUT2D eigenvalue weighted by molar-refractivity contribution is 6.29. The Kier molecular flexibility index (Phi) is 4.32. The Morgan fingerprint density at radius 3 is 2.60 bits per heavy atom. The summed E-state index contributed by atoms with van der Waals surface area (Å²) in [7, 11) is 0. The number of anilines is 1. The number of hydrogen-bond donors (Lipinski definition) is 2. The Hall–Kier alpha value is -2.40. The van der Waals surface area contributed by atoms with E-state index in [4.69, 9.17) is 16.7 Å². The van der Waals surface area contributed by atoms with Gasteiger partial charge in [-0.25, -0.2) is 4.98 Å². The SMILES string of the molecule is O=C(O)Cc1ccccc1NC(=O)c1ccc(Cl)nc1. The highest BCUT2D eigenvalue weighted by Crippen LogP contribution is 2.17. The molecule has 6 heteroatoms. The van der Waals surface area contributed by atoms with Crippen LogP contribution >= 0.6 is 11.6 Å². The predicted molar refractivity (Wildman–Crippen MR) is 75.0 cm³/mol. The van der Waals surface area contributed by atoms with Crippen molar-refractivity contribution in [2.24, 2.45) is 0 Å². The fourth-order valence-corrected chi connectivity index (χ4v) is 1.78. The van der Waals surface area contributed by atoms with Gasteiger partial charge in [-0.05, 0) is 23.8 Å². The molecule has 0 aliphatic carbocycles. The second kappa shape index (κ2) is 6.16. The summed E-state index contributed by atoms with van der Waals surface area (Å²) in [6.45, 7) is 0. The number of aliphatic carboxylic acids is 1. The minimum absolute atomic E-state index is 0.157. The summed E-state index contributed by atoms with van der Waals surface area (Å²) in [4.78, 5) is 26.6. The van der Waals surface area contributed by atoms with Crippen molar-refractivity contribution in [3.05, 3.63) is 58.9 Å². The largest absolute Gasteiger partial charge is 0.481 e. The second-order valence-electron chi connectivity index (χ2n) is 4.05. The molecular weight excluding hydrogens is 280 g/mol. The van der Waals surface area contributed by atoms with E-state index in [9.17, 15) is 9.59 Å². The van der Waals surface area contributed by atoms with E-state index in [0.29, 0.717) is 22.0 Å². The number of amides is 1. The fourth-order valence-electron chi connectivity index (χ4n) is 1.66. The van der Waals surface area contributed by atoms with E-state index in [-0.39, 0.29) is 12.3 Å². The molecule has 0 atom stereocenters. The van der Waals surface area contributed by atoms with Gasteiger partial charge in [0.15, 0.2) is 0 Å². The average Bonchev–Trinajstić information content (AvgIpc) is 2.41. The van der Waals surface area contributed by atoms with Crippen molar-refractivity contribution in [3.8, 4) is 0 Å². The number of carboxylic acids is 1. The molecule has 0 bridgehead atoms. The van der Waals surface area contributed by atoms with Gasteiger partial charge in [0, 0.05) is 11.9 Å². The van der Waals surface area contributed by atoms with Crippen molar-refractivity contribution in [1.29, 1.82) is 0 Å². The molecule has 0 fully saturated rings. The van der Waals surface area contributed by atoms with Gasteiger partial charge in [0.25, 0.3) is 5.91 Å². The highest BCUT2D eigenvalue weighted by atomic mass is 35.5. The number of pyridine rings is 1. The van der Waals surface area contributed by atoms with Gasteiger partial charge in [-0.2, -0.15) is 0 Å². The van der Waals surface area contributed by atoms with E-state index in [1.807, 2.05) is 0 Å². The molecule has 5 nitrogen and oxygen atoms in total. The lowest BCUT2D eigenvalue weighted by Crippen LogP contribution is -2.14. The van der Waals surface area contributed by atoms with Gasteiger partial charge >= 0.3 is 5.97 Å². The Morgan fingerprint density at radius 1 is 1.20 bits per heavy atom. The van der Waals surface area contributed by atoms with E-state index in [0.717, 1.165) is 0 Å². The molecule has 0 aliphatic heterocycles. The second-order valence-corrected chi connectivity index (χ2v) is 4.44. The summed E-state index contributed by atoms with van der Waals surface area (Å²) < 4.78 is 0. The first-order valence-electron chi connectivity index (χ1n) is 5.79. The van der Waals surface area contributed by atoms with Crippen LogP contribution in [-0.4, -0.2) is 22.0 Å². The number of para-hydroxylation sites is 1. The van der Waals surface area contributed by atoms with E-state index in [1.54, 1.807) is 30.3 Å². The first-order chi connectivity index (χ1) is 9.56. The molecule has 102 valence electrons. The molecular formula is C14H11ClN2O3. The van der Waals surface area contributed by atoms with Crippen LogP contribution in [0.3, 0.4) is 0 Å². The summed E-state index contributed by atoms with van der Waals surface area (Å²) in [5, 5.41) is 11.8. The summed E-state index contributed by atoms with van der Waals surface area (Å²) in [6.07, 6.45) is 1.20. The third-order valence-electron chi connectivity index (χ3n) is 2.60. The minimum atomic E-state index is -0.958. The Balaban J connectivity index is 2.19. The quantitative estimate of drug-likeness (QED) is 0.848. The lowest BCUT2D eigenvalue weighted by Gasteiger charge is -2.09. The molecule has 1 amide bonds. The van der Waals surface area contributed by atoms with Crippen LogP contribution in [0.4, 0.5) is 5.69 Å². The molecule has 2 N–H and O–H groups in total. The summed E-state index contributed by atoms with van der Waals surface area (Å²) >= 11 is 5.65. The number of carboxylic acid groups (broad SMARTS) is 1. The van der Waals surface area contributed by atoms with Gasteiger partial charge in [-0.1, -0.05) is 29.8 Å². The summed E-state index contributed by atoms with van der Waals surface area (Å²) in [6, 6.07) is 9.81. The van der Waals surface area contributed by atoms with Crippen LogP contribution in [0.15, 0.2) is 42.6 Å². The Morgan fingerprint density at radius 2 is 1.95 bits per heavy atom. The first-order valence-corrected chi connectivity index (χ1v) is 6.16. The molecule has 1 aromatic heterocycles. The van der Waals surface area contributed by atoms with E-state index < -0.39 is 5.97 Å². The predicted octanol–water partition coefficient (Wildman–Crippen LogP) is 2.61. The van der Waals surface area contributed by atoms with Gasteiger partial charge in [0.05, 0.1) is 12.0 Å². The lowest BCUT2D eigenvalue weighted by molar-refractivity contribution is -0.136. The maximum absolute atomic E-state index is 12.0. The van der Waals surface area contributed by atoms with Crippen LogP contribution < -0.4 is 5.32 Å². The van der Waals surface area contributed by atoms with Crippen LogP contribution in [0.2, 0.25) is 5.15 Å². The first kappa shape index (κ1) is 14.0. The van der Waals surface area contributed by atoms with Crippen molar-refractivity contribution in [2.45, 2.75) is 6.42 Å². The van der Waals surface area contributed by atoms with Crippen LogP contribution in [-0.2, 0) is 11.2 Å². The lowest BCUT2D eigenvalue weighted by atomic mass is 10.1. The van der Waals surface area contributed by atoms with E-state index >= 15 is 0 Å². The third kappa shape index (κ3) is 3.55. The van der Waals surface area contributed by atoms with Gasteiger partial charge in [-0.3, -0.25) is 9.59 Å². The van der Waals surface area contributed by atoms with Gasteiger partial charge < -0.3 is 10.4 Å². The number of halogens is 1. The Bertz CT molecular complexity index is 641. The normalized spacial score (nSPS) is 10.1. The van der Waals surface area contributed by atoms with Gasteiger partial charge in [0.2, 0.25) is 0 Å². The van der Waals surface area contributed by atoms with Gasteiger partial charge in [-0.15, -0.1) is 0 Å². The monoisotopic (exact) mass is 290 g/mol. The molecule has 0 radical (unpaired) electrons. The number of carbonyl (C=O) groups is 2. The number of carbonyl (C=O) groups excluding carboxylic acids is 1. The number of hydrogen-bond acceptors (Lipinski definition) is 3. The molecule has 0 saturated carbocycles. The van der Waals surface area contributed by atoms with Crippen LogP contribution in [0, 0.1) is 0 Å². The smallest absolute Gasteiger partial charge is 0.307 e. The van der Waals surface area contributed by atoms with Gasteiger partial charge in [0.1, 0.15) is 5.15 Å². The highest BCUT2D eigenvalue weighted by Gasteiger charge is 2.11. The zero-order valence-electron chi connectivity index (χ0n) is 10.3. The van der Waals surface area contributed by atoms with Crippen molar-refractivity contribution in [1.82, 2.24) is 4.98 Å². The molecule has 0 saturated heterocycles. The van der Waals surface area contributed by atoms with Crippen molar-refractivity contribution in [2.75, 3.05) is 5.32 Å². The van der Waals surface area contributed by atoms with E-state index in [1.165, 1.54) is 12.3 Å². The third-order valence-corrected chi connectivity index (χ3v) is 2.82. The maximum atomic E-state index is 12.0. The average molecular weight is 291 g/mol. The molecule has 1 aromatic carbocycles. The van der Waals surface area contributed by atoms with Crippen LogP contribution in [0.1, 0.15) is 15.9 Å². The number of benzene rings is 1. The number of rotatable bonds is 4. The van der Waals surface area contributed by atoms with E-state index in [2.05, 4.69) is 10.3 Å². The number of nitrogens with zero attached hydrogens (tertiary/aromatic N) is 1. The molecule has 0 unspecified atom stereocenters. The molecule has 2 rings (SSSR count). The van der Waals surface area contributed by atoms with Crippen molar-refractivity contribution in [3.63, 3.8) is 0 Å². The van der Waals surface area contributed by atoms with Crippen LogP contribution in [0.5, 0.6) is 0 Å². The molecule has 20 heavy (non-hydrogen) atoms.